The zero-order valence-electron chi connectivity index (χ0n) is 12.0. The average Bonchev–Trinajstić information content (AvgIpc) is 2.48. The Bertz CT molecular complexity index is 572. The normalized spacial score (nSPS) is 25.1. The molecule has 21 heavy (non-hydrogen) atoms. The van der Waals surface area contributed by atoms with Crippen LogP contribution in [-0.4, -0.2) is 16.6 Å². The minimum Gasteiger partial charge on any atom is -0.480 e. The van der Waals surface area contributed by atoms with Crippen molar-refractivity contribution in [2.75, 3.05) is 5.32 Å². The number of aliphatic carboxylic acids is 1. The summed E-state index contributed by atoms with van der Waals surface area (Å²) in [5.74, 6) is -0.224. The van der Waals surface area contributed by atoms with Crippen molar-refractivity contribution in [3.8, 4) is 6.07 Å². The third kappa shape index (κ3) is 3.21. The number of nitrogens with one attached hydrogen (secondary N) is 1. The van der Waals surface area contributed by atoms with Gasteiger partial charge in [0.15, 0.2) is 0 Å². The molecule has 112 valence electrons. The molecule has 5 heteroatoms. The number of rotatable bonds is 4. The Morgan fingerprint density at radius 3 is 2.71 bits per heavy atom. The summed E-state index contributed by atoms with van der Waals surface area (Å²) in [7, 11) is 0. The third-order valence-corrected chi connectivity index (χ3v) is 5.11. The van der Waals surface area contributed by atoms with Crippen molar-refractivity contribution in [2.45, 2.75) is 44.6 Å². The lowest BCUT2D eigenvalue weighted by atomic mass is 9.75. The Kier molecular flexibility index (Phi) is 4.89. The number of benzene rings is 1. The van der Waals surface area contributed by atoms with Crippen LogP contribution in [0, 0.1) is 17.2 Å². The molecule has 1 aromatic rings. The molecule has 1 aromatic carbocycles. The number of nitrogens with zero attached hydrogens (tertiary/aromatic N) is 1. The number of hydrogen-bond donors (Lipinski definition) is 2. The monoisotopic (exact) mass is 350 g/mol. The Balaban J connectivity index is 2.29. The number of carboxylic acids is 1. The first-order chi connectivity index (χ1) is 10.0. The Hall–Kier alpha value is -1.54. The first-order valence-corrected chi connectivity index (χ1v) is 8.02. The van der Waals surface area contributed by atoms with Gasteiger partial charge < -0.3 is 10.4 Å². The Labute approximate surface area is 133 Å². The molecule has 0 saturated heterocycles. The molecule has 1 fully saturated rings. The molecule has 2 N–H and O–H groups in total. The van der Waals surface area contributed by atoms with Crippen molar-refractivity contribution in [1.29, 1.82) is 5.26 Å². The van der Waals surface area contributed by atoms with E-state index in [0.717, 1.165) is 19.3 Å². The lowest BCUT2D eigenvalue weighted by Crippen LogP contribution is -2.49. The van der Waals surface area contributed by atoms with Gasteiger partial charge in [-0.05, 0) is 59.7 Å². The lowest BCUT2D eigenvalue weighted by molar-refractivity contribution is -0.143. The van der Waals surface area contributed by atoms with Gasteiger partial charge in [0.05, 0.1) is 11.3 Å². The molecule has 0 heterocycles. The Morgan fingerprint density at radius 2 is 2.19 bits per heavy atom. The van der Waals surface area contributed by atoms with Gasteiger partial charge in [-0.1, -0.05) is 19.4 Å². The highest BCUT2D eigenvalue weighted by Gasteiger charge is 2.42. The van der Waals surface area contributed by atoms with Gasteiger partial charge in [-0.2, -0.15) is 5.26 Å². The van der Waals surface area contributed by atoms with Gasteiger partial charge in [-0.3, -0.25) is 0 Å². The third-order valence-electron chi connectivity index (χ3n) is 4.44. The summed E-state index contributed by atoms with van der Waals surface area (Å²) in [5.41, 5.74) is 0.0814. The molecule has 0 radical (unpaired) electrons. The van der Waals surface area contributed by atoms with Crippen molar-refractivity contribution in [2.24, 2.45) is 5.92 Å². The molecule has 0 aromatic heterocycles. The van der Waals surface area contributed by atoms with Crippen LogP contribution in [0.5, 0.6) is 0 Å². The number of carboxylic acid groups (broad SMARTS) is 1. The number of nitriles is 1. The molecule has 0 amide bonds. The van der Waals surface area contributed by atoms with E-state index in [2.05, 4.69) is 34.2 Å². The first-order valence-electron chi connectivity index (χ1n) is 7.22. The summed E-state index contributed by atoms with van der Waals surface area (Å²) >= 11 is 3.34. The average molecular weight is 351 g/mol. The van der Waals surface area contributed by atoms with Crippen LogP contribution in [-0.2, 0) is 4.79 Å². The number of halogens is 1. The molecule has 1 saturated carbocycles. The molecule has 2 rings (SSSR count). The largest absolute Gasteiger partial charge is 0.480 e. The second-order valence-corrected chi connectivity index (χ2v) is 6.49. The van der Waals surface area contributed by atoms with E-state index in [4.69, 9.17) is 0 Å². The number of anilines is 1. The maximum atomic E-state index is 11.8. The maximum absolute atomic E-state index is 11.8. The second-order valence-electron chi connectivity index (χ2n) is 5.64. The van der Waals surface area contributed by atoms with E-state index in [1.54, 1.807) is 18.2 Å². The van der Waals surface area contributed by atoms with Gasteiger partial charge >= 0.3 is 5.97 Å². The highest BCUT2D eigenvalue weighted by Crippen LogP contribution is 2.37. The second kappa shape index (κ2) is 6.48. The minimum atomic E-state index is -0.960. The first kappa shape index (κ1) is 15.8. The van der Waals surface area contributed by atoms with Crippen LogP contribution in [0.15, 0.2) is 22.7 Å². The molecule has 0 unspecified atom stereocenters. The molecule has 0 aliphatic heterocycles. The smallest absolute Gasteiger partial charge is 0.329 e. The van der Waals surface area contributed by atoms with Gasteiger partial charge in [0.2, 0.25) is 0 Å². The van der Waals surface area contributed by atoms with E-state index in [9.17, 15) is 15.2 Å². The van der Waals surface area contributed by atoms with Crippen LogP contribution >= 0.6 is 15.9 Å². The Morgan fingerprint density at radius 1 is 1.52 bits per heavy atom. The van der Waals surface area contributed by atoms with Crippen LogP contribution in [0.4, 0.5) is 5.69 Å². The fourth-order valence-electron chi connectivity index (χ4n) is 2.97. The van der Waals surface area contributed by atoms with Crippen LogP contribution in [0.3, 0.4) is 0 Å². The summed E-state index contributed by atoms with van der Waals surface area (Å²) in [4.78, 5) is 11.8. The quantitative estimate of drug-likeness (QED) is 0.854. The predicted molar refractivity (Wildman–Crippen MR) is 85.1 cm³/mol. The van der Waals surface area contributed by atoms with E-state index in [1.807, 2.05) is 0 Å². The van der Waals surface area contributed by atoms with Gasteiger partial charge in [-0.25, -0.2) is 4.79 Å². The van der Waals surface area contributed by atoms with Gasteiger partial charge in [-0.15, -0.1) is 0 Å². The zero-order chi connectivity index (χ0) is 15.5. The summed E-state index contributed by atoms with van der Waals surface area (Å²) in [6.07, 6.45) is 4.10. The van der Waals surface area contributed by atoms with E-state index < -0.39 is 11.5 Å². The molecule has 0 spiro atoms. The van der Waals surface area contributed by atoms with E-state index in [-0.39, 0.29) is 0 Å². The van der Waals surface area contributed by atoms with E-state index >= 15 is 0 Å². The van der Waals surface area contributed by atoms with Gasteiger partial charge in [0.1, 0.15) is 11.6 Å². The van der Waals surface area contributed by atoms with Crippen LogP contribution in [0.1, 0.15) is 44.6 Å². The summed E-state index contributed by atoms with van der Waals surface area (Å²) in [6.45, 7) is 2.15. The maximum Gasteiger partial charge on any atom is 0.329 e. The molecule has 1 aliphatic rings. The highest BCUT2D eigenvalue weighted by atomic mass is 79.9. The van der Waals surface area contributed by atoms with Crippen molar-refractivity contribution in [3.63, 3.8) is 0 Å². The zero-order valence-corrected chi connectivity index (χ0v) is 13.6. The summed E-state index contributed by atoms with van der Waals surface area (Å²) in [5, 5.41) is 22.1. The SMILES string of the molecule is CCC1CCC(Nc2cccc(Br)c2C#N)(C(=O)O)CC1. The van der Waals surface area contributed by atoms with Crippen molar-refractivity contribution in [1.82, 2.24) is 0 Å². The van der Waals surface area contributed by atoms with E-state index in [0.29, 0.717) is 34.5 Å². The highest BCUT2D eigenvalue weighted by molar-refractivity contribution is 9.10. The molecular weight excluding hydrogens is 332 g/mol. The fraction of sp³-hybridized carbons (Fsp3) is 0.500. The van der Waals surface area contributed by atoms with Crippen LogP contribution < -0.4 is 5.32 Å². The summed E-state index contributed by atoms with van der Waals surface area (Å²) < 4.78 is 0.679. The molecule has 0 atom stereocenters. The predicted octanol–water partition coefficient (Wildman–Crippen LogP) is 4.16. The molecule has 4 nitrogen and oxygen atoms in total. The van der Waals surface area contributed by atoms with E-state index in [1.165, 1.54) is 0 Å². The van der Waals surface area contributed by atoms with Crippen molar-refractivity contribution in [3.05, 3.63) is 28.2 Å². The topological polar surface area (TPSA) is 73.1 Å². The standard InChI is InChI=1S/C16H19BrN2O2/c1-2-11-6-8-16(9-7-11,15(20)21)19-14-5-3-4-13(17)12(14)10-18/h3-5,11,19H,2,6-9H2,1H3,(H,20,21). The number of hydrogen-bond acceptors (Lipinski definition) is 3. The number of carbonyl (C=O) groups is 1. The van der Waals surface area contributed by atoms with Crippen molar-refractivity contribution < 1.29 is 9.90 Å². The van der Waals surface area contributed by atoms with Crippen LogP contribution in [0.25, 0.3) is 0 Å². The molecular formula is C16H19BrN2O2. The minimum absolute atomic E-state index is 0.454. The van der Waals surface area contributed by atoms with Gasteiger partial charge in [0, 0.05) is 4.47 Å². The molecule has 0 bridgehead atoms. The fourth-order valence-corrected chi connectivity index (χ4v) is 3.43. The van der Waals surface area contributed by atoms with Crippen LogP contribution in [0.2, 0.25) is 0 Å². The summed E-state index contributed by atoms with van der Waals surface area (Å²) in [6, 6.07) is 7.48. The van der Waals surface area contributed by atoms with Gasteiger partial charge in [0.25, 0.3) is 0 Å². The van der Waals surface area contributed by atoms with Crippen molar-refractivity contribution >= 4 is 27.6 Å². The lowest BCUT2D eigenvalue weighted by Gasteiger charge is -2.38. The molecule has 1 aliphatic carbocycles.